The number of hydrogen-bond acceptors (Lipinski definition) is 13. The van der Waals surface area contributed by atoms with Gasteiger partial charge in [-0.2, -0.15) is 0 Å². The van der Waals surface area contributed by atoms with Crippen LogP contribution in [-0.4, -0.2) is 140 Å². The zero-order chi connectivity index (χ0) is 57.4. The molecule has 2 rings (SSSR count). The first-order valence-electron chi connectivity index (χ1n) is 30.6. The maximum Gasteiger partial charge on any atom is 0.220 e. The zero-order valence-corrected chi connectivity index (χ0v) is 48.6. The molecule has 12 atom stereocenters. The maximum atomic E-state index is 13.3. The number of nitrogens with one attached hydrogen (secondary N) is 1. The Hall–Kier alpha value is -3.35. The highest BCUT2D eigenvalue weighted by Crippen LogP contribution is 2.30. The Morgan fingerprint density at radius 3 is 1.39 bits per heavy atom. The van der Waals surface area contributed by atoms with Gasteiger partial charge in [-0.05, 0) is 89.9 Å². The summed E-state index contributed by atoms with van der Waals surface area (Å²) < 4.78 is 22.8. The molecule has 0 aromatic carbocycles. The standard InChI is InChI=1S/C65H109NO13/c1-3-5-7-9-11-13-15-17-19-21-23-24-25-26-27-28-29-30-31-33-35-37-39-41-43-45-47-49-57(70)66-53(54(69)48-46-44-42-40-38-36-34-32-22-20-18-16-14-12-10-8-6-4-2)52-76-64-62(75)60(73)63(56(51-68)78-64)79-65-61(74)59(72)58(71)55(50-67)77-65/h5,7,11,13,17,19,23-24,26-27,29-30,33,35,38,40,46,48,53-56,58-65,67-69,71-75H,3-4,6,8-10,12,14-16,18,20-22,25,28,31-32,34,36-37,39,41-45,47,49-52H2,1-2H3,(H,66,70)/b7-5-,13-11-,19-17-,24-23-,27-26-,30-29-,35-33-,40-38+,48-46+. The average Bonchev–Trinajstić information content (AvgIpc) is 3.46. The predicted octanol–water partition coefficient (Wildman–Crippen LogP) is 10.8. The minimum atomic E-state index is -1.80. The van der Waals surface area contributed by atoms with Gasteiger partial charge >= 0.3 is 0 Å². The number of aliphatic hydroxyl groups excluding tert-OH is 8. The molecular formula is C65H109NO13. The molecule has 12 unspecified atom stereocenters. The smallest absolute Gasteiger partial charge is 0.220 e. The van der Waals surface area contributed by atoms with Crippen LogP contribution >= 0.6 is 0 Å². The van der Waals surface area contributed by atoms with E-state index in [1.54, 1.807) is 6.08 Å². The summed E-state index contributed by atoms with van der Waals surface area (Å²) in [6.45, 7) is 2.64. The van der Waals surface area contributed by atoms with Crippen molar-refractivity contribution in [2.24, 2.45) is 0 Å². The number of ether oxygens (including phenoxy) is 4. The number of rotatable bonds is 47. The van der Waals surface area contributed by atoms with E-state index in [-0.39, 0.29) is 18.9 Å². The topological polar surface area (TPSA) is 228 Å². The third-order valence-corrected chi connectivity index (χ3v) is 14.2. The van der Waals surface area contributed by atoms with Crippen molar-refractivity contribution >= 4 is 5.91 Å². The molecule has 0 saturated carbocycles. The number of carbonyl (C=O) groups excluding carboxylic acids is 1. The summed E-state index contributed by atoms with van der Waals surface area (Å²) in [4.78, 5) is 13.3. The normalized spacial score (nSPS) is 25.2. The first-order valence-corrected chi connectivity index (χ1v) is 30.6. The average molecular weight is 1110 g/mol. The monoisotopic (exact) mass is 1110 g/mol. The lowest BCUT2D eigenvalue weighted by Gasteiger charge is -2.46. The molecule has 0 bridgehead atoms. The van der Waals surface area contributed by atoms with Gasteiger partial charge in [-0.3, -0.25) is 4.79 Å². The molecule has 14 nitrogen and oxygen atoms in total. The van der Waals surface area contributed by atoms with Crippen molar-refractivity contribution in [2.45, 2.75) is 274 Å². The summed E-state index contributed by atoms with van der Waals surface area (Å²) in [6, 6.07) is -0.951. The highest BCUT2D eigenvalue weighted by Gasteiger charge is 2.51. The van der Waals surface area contributed by atoms with Gasteiger partial charge in [-0.25, -0.2) is 0 Å². The minimum Gasteiger partial charge on any atom is -0.394 e. The second-order valence-corrected chi connectivity index (χ2v) is 21.1. The Morgan fingerprint density at radius 1 is 0.468 bits per heavy atom. The lowest BCUT2D eigenvalue weighted by molar-refractivity contribution is -0.359. The second kappa shape index (κ2) is 49.3. The van der Waals surface area contributed by atoms with E-state index in [9.17, 15) is 45.6 Å². The highest BCUT2D eigenvalue weighted by molar-refractivity contribution is 5.76. The number of aliphatic hydroxyl groups is 8. The van der Waals surface area contributed by atoms with Crippen LogP contribution in [0, 0.1) is 0 Å². The van der Waals surface area contributed by atoms with Crippen LogP contribution in [0.2, 0.25) is 0 Å². The molecule has 9 N–H and O–H groups in total. The first-order chi connectivity index (χ1) is 38.6. The summed E-state index contributed by atoms with van der Waals surface area (Å²) in [5.74, 6) is -0.273. The van der Waals surface area contributed by atoms with E-state index in [1.165, 1.54) is 77.0 Å². The largest absolute Gasteiger partial charge is 0.394 e. The van der Waals surface area contributed by atoms with Gasteiger partial charge < -0.3 is 65.1 Å². The molecule has 0 aliphatic carbocycles. The van der Waals surface area contributed by atoms with Crippen LogP contribution in [-0.2, 0) is 23.7 Å². The fraction of sp³-hybridized carbons (Fsp3) is 0.708. The van der Waals surface area contributed by atoms with E-state index >= 15 is 0 Å². The fourth-order valence-corrected chi connectivity index (χ4v) is 9.29. The van der Waals surface area contributed by atoms with Crippen molar-refractivity contribution in [1.29, 1.82) is 0 Å². The van der Waals surface area contributed by atoms with E-state index in [0.29, 0.717) is 12.8 Å². The molecule has 2 aliphatic rings. The van der Waals surface area contributed by atoms with Gasteiger partial charge in [-0.1, -0.05) is 213 Å². The van der Waals surface area contributed by atoms with Crippen LogP contribution in [0.15, 0.2) is 109 Å². The lowest BCUT2D eigenvalue weighted by atomic mass is 9.97. The molecule has 452 valence electrons. The molecule has 2 saturated heterocycles. The van der Waals surface area contributed by atoms with E-state index in [1.807, 2.05) is 6.08 Å². The van der Waals surface area contributed by atoms with E-state index in [2.05, 4.69) is 116 Å². The van der Waals surface area contributed by atoms with Crippen molar-refractivity contribution < 1.29 is 64.6 Å². The van der Waals surface area contributed by atoms with Gasteiger partial charge in [0, 0.05) is 6.42 Å². The molecule has 0 aromatic rings. The highest BCUT2D eigenvalue weighted by atomic mass is 16.7. The Balaban J connectivity index is 1.78. The zero-order valence-electron chi connectivity index (χ0n) is 48.6. The summed E-state index contributed by atoms with van der Waals surface area (Å²) in [5.41, 5.74) is 0. The first kappa shape index (κ1) is 71.8. The molecule has 0 radical (unpaired) electrons. The third-order valence-electron chi connectivity index (χ3n) is 14.2. The number of amides is 1. The lowest BCUT2D eigenvalue weighted by Crippen LogP contribution is -2.65. The number of hydrogen-bond donors (Lipinski definition) is 9. The molecule has 79 heavy (non-hydrogen) atoms. The molecule has 1 amide bonds. The Bertz CT molecular complexity index is 1740. The van der Waals surface area contributed by atoms with Gasteiger partial charge in [0.2, 0.25) is 5.91 Å². The maximum absolute atomic E-state index is 13.3. The Kier molecular flexibility index (Phi) is 44.8. The van der Waals surface area contributed by atoms with Crippen molar-refractivity contribution in [2.75, 3.05) is 19.8 Å². The van der Waals surface area contributed by atoms with Crippen LogP contribution in [0.5, 0.6) is 0 Å². The predicted molar refractivity (Wildman–Crippen MR) is 318 cm³/mol. The van der Waals surface area contributed by atoms with Crippen molar-refractivity contribution in [1.82, 2.24) is 5.32 Å². The molecule has 14 heteroatoms. The number of unbranched alkanes of at least 4 members (excludes halogenated alkanes) is 18. The molecule has 0 spiro atoms. The SMILES string of the molecule is CC/C=C\C/C=C\C/C=C\C/C=C\C/C=C\C/C=C\C/C=C\CCCCCCCC(=O)NC(COC1OC(CO)C(OC2OC(CO)C(O)C(O)C2O)C(O)C1O)C(O)/C=C/CC/C=C/CCCCCCCCCCCCCC. The van der Waals surface area contributed by atoms with Crippen molar-refractivity contribution in [3.05, 3.63) is 109 Å². The van der Waals surface area contributed by atoms with Gasteiger partial charge in [-0.15, -0.1) is 0 Å². The fourth-order valence-electron chi connectivity index (χ4n) is 9.29. The van der Waals surface area contributed by atoms with Gasteiger partial charge in [0.15, 0.2) is 12.6 Å². The molecular weight excluding hydrogens is 1000 g/mol. The van der Waals surface area contributed by atoms with Gasteiger partial charge in [0.1, 0.15) is 48.8 Å². The summed E-state index contributed by atoms with van der Waals surface area (Å²) in [7, 11) is 0. The van der Waals surface area contributed by atoms with Crippen LogP contribution < -0.4 is 5.32 Å². The van der Waals surface area contributed by atoms with Crippen molar-refractivity contribution in [3.63, 3.8) is 0 Å². The summed E-state index contributed by atoms with van der Waals surface area (Å²) in [6.07, 6.45) is 52.6. The molecule has 2 heterocycles. The van der Waals surface area contributed by atoms with Gasteiger partial charge in [0.25, 0.3) is 0 Å². The van der Waals surface area contributed by atoms with Crippen LogP contribution in [0.25, 0.3) is 0 Å². The second-order valence-electron chi connectivity index (χ2n) is 21.1. The minimum absolute atomic E-state index is 0.244. The van der Waals surface area contributed by atoms with E-state index < -0.39 is 86.8 Å². The number of carbonyl (C=O) groups is 1. The van der Waals surface area contributed by atoms with E-state index in [4.69, 9.17) is 18.9 Å². The third kappa shape index (κ3) is 34.6. The summed E-state index contributed by atoms with van der Waals surface area (Å²) in [5, 5.41) is 87.1. The number of allylic oxidation sites excluding steroid dienone is 17. The molecule has 2 fully saturated rings. The van der Waals surface area contributed by atoms with Gasteiger partial charge in [0.05, 0.1) is 32.0 Å². The Morgan fingerprint density at radius 2 is 0.886 bits per heavy atom. The Labute approximate surface area is 476 Å². The van der Waals surface area contributed by atoms with Crippen molar-refractivity contribution in [3.8, 4) is 0 Å². The molecule has 0 aromatic heterocycles. The van der Waals surface area contributed by atoms with E-state index in [0.717, 1.165) is 89.9 Å². The van der Waals surface area contributed by atoms with Crippen LogP contribution in [0.1, 0.15) is 200 Å². The summed E-state index contributed by atoms with van der Waals surface area (Å²) >= 11 is 0. The quantitative estimate of drug-likeness (QED) is 0.0204. The van der Waals surface area contributed by atoms with Crippen LogP contribution in [0.4, 0.5) is 0 Å². The van der Waals surface area contributed by atoms with Crippen LogP contribution in [0.3, 0.4) is 0 Å². The molecule has 2 aliphatic heterocycles.